The fourth-order valence-corrected chi connectivity index (χ4v) is 1.86. The molecule has 0 unspecified atom stereocenters. The number of hydrogen-bond donors (Lipinski definition) is 1. The summed E-state index contributed by atoms with van der Waals surface area (Å²) < 4.78 is 0. The van der Waals surface area contributed by atoms with Gasteiger partial charge in [-0.05, 0) is 25.1 Å². The lowest BCUT2D eigenvalue weighted by Crippen LogP contribution is -2.08. The van der Waals surface area contributed by atoms with Crippen molar-refractivity contribution in [1.82, 2.24) is 9.97 Å². The number of oxime groups is 1. The maximum atomic E-state index is 12.0. The van der Waals surface area contributed by atoms with E-state index in [9.17, 15) is 4.79 Å². The quantitative estimate of drug-likeness (QED) is 0.406. The Hall–Kier alpha value is -2.27. The number of rotatable bonds is 4. The number of ketones is 1. The summed E-state index contributed by atoms with van der Waals surface area (Å²) in [5, 5.41) is 12.2. The second kappa shape index (κ2) is 6.25. The van der Waals surface area contributed by atoms with Gasteiger partial charge in [-0.3, -0.25) is 4.79 Å². The number of aromatic nitrogens is 2. The maximum Gasteiger partial charge on any atom is 0.187 e. The lowest BCUT2D eigenvalue weighted by Gasteiger charge is -2.03. The topological polar surface area (TPSA) is 75.4 Å². The molecule has 1 aromatic carbocycles. The van der Waals surface area contributed by atoms with Crippen LogP contribution in [0.5, 0.6) is 0 Å². The van der Waals surface area contributed by atoms with E-state index >= 15 is 0 Å². The van der Waals surface area contributed by atoms with Crippen molar-refractivity contribution in [3.8, 4) is 11.3 Å². The molecular formula is C14H12ClN3O2. The highest BCUT2D eigenvalue weighted by molar-refractivity contribution is 6.30. The first-order valence-corrected chi connectivity index (χ1v) is 6.26. The number of benzene rings is 1. The minimum Gasteiger partial charge on any atom is -0.411 e. The normalized spacial score (nSPS) is 11.4. The van der Waals surface area contributed by atoms with Gasteiger partial charge in [-0.2, -0.15) is 0 Å². The zero-order chi connectivity index (χ0) is 14.5. The molecule has 0 aliphatic rings. The highest BCUT2D eigenvalue weighted by atomic mass is 35.5. The van der Waals surface area contributed by atoms with Crippen LogP contribution in [0, 0.1) is 0 Å². The molecule has 0 aliphatic heterocycles. The molecule has 0 bridgehead atoms. The Bertz CT molecular complexity index is 671. The summed E-state index contributed by atoms with van der Waals surface area (Å²) in [7, 11) is 0. The molecule has 0 amide bonds. The van der Waals surface area contributed by atoms with Gasteiger partial charge in [0.25, 0.3) is 0 Å². The molecule has 0 fully saturated rings. The number of halogens is 1. The van der Waals surface area contributed by atoms with Gasteiger partial charge in [0, 0.05) is 10.6 Å². The number of nitrogens with zero attached hydrogens (tertiary/aromatic N) is 3. The number of Topliss-reactive ketones (excluding diaryl/α,β-unsaturated/α-hetero) is 1. The Morgan fingerprint density at radius 3 is 2.85 bits per heavy atom. The zero-order valence-electron chi connectivity index (χ0n) is 10.7. The molecule has 1 aromatic heterocycles. The van der Waals surface area contributed by atoms with Gasteiger partial charge in [-0.1, -0.05) is 28.9 Å². The van der Waals surface area contributed by atoms with Crippen LogP contribution in [-0.4, -0.2) is 26.7 Å². The summed E-state index contributed by atoms with van der Waals surface area (Å²) in [6.45, 7) is 1.57. The van der Waals surface area contributed by atoms with Gasteiger partial charge in [0.05, 0.1) is 17.8 Å². The van der Waals surface area contributed by atoms with Crippen molar-refractivity contribution in [1.29, 1.82) is 0 Å². The summed E-state index contributed by atoms with van der Waals surface area (Å²) >= 11 is 5.93. The maximum absolute atomic E-state index is 12.0. The molecule has 1 heterocycles. The number of carbonyl (C=O) groups excluding carboxylic acids is 1. The molecule has 5 nitrogen and oxygen atoms in total. The van der Waals surface area contributed by atoms with Gasteiger partial charge in [-0.25, -0.2) is 9.97 Å². The Labute approximate surface area is 120 Å². The lowest BCUT2D eigenvalue weighted by atomic mass is 10.1. The van der Waals surface area contributed by atoms with Crippen LogP contribution in [0.2, 0.25) is 5.02 Å². The monoisotopic (exact) mass is 289 g/mol. The fourth-order valence-electron chi connectivity index (χ4n) is 1.67. The van der Waals surface area contributed by atoms with Gasteiger partial charge in [0.15, 0.2) is 5.78 Å². The third kappa shape index (κ3) is 3.39. The molecule has 0 saturated carbocycles. The van der Waals surface area contributed by atoms with Crippen molar-refractivity contribution in [3.05, 3.63) is 47.4 Å². The molecule has 2 aromatic rings. The van der Waals surface area contributed by atoms with E-state index < -0.39 is 0 Å². The van der Waals surface area contributed by atoms with Crippen LogP contribution in [0.3, 0.4) is 0 Å². The standard InChI is InChI=1S/C14H12ClN3O2/c1-9(18-20)5-14(19)13-7-12(16-8-17-13)10-3-2-4-11(15)6-10/h2-4,6-8,20H,5H2,1H3. The van der Waals surface area contributed by atoms with Crippen LogP contribution in [0.25, 0.3) is 11.3 Å². The van der Waals surface area contributed by atoms with Crippen LogP contribution in [0.1, 0.15) is 23.8 Å². The second-order valence-corrected chi connectivity index (χ2v) is 4.67. The first kappa shape index (κ1) is 14.1. The highest BCUT2D eigenvalue weighted by Crippen LogP contribution is 2.21. The van der Waals surface area contributed by atoms with E-state index in [0.717, 1.165) is 5.56 Å². The first-order chi connectivity index (χ1) is 9.60. The number of hydrogen-bond acceptors (Lipinski definition) is 5. The predicted octanol–water partition coefficient (Wildman–Crippen LogP) is 3.22. The molecule has 0 radical (unpaired) electrons. The Morgan fingerprint density at radius 1 is 1.35 bits per heavy atom. The van der Waals surface area contributed by atoms with Crippen molar-refractivity contribution in [2.75, 3.05) is 0 Å². The molecule has 6 heteroatoms. The van der Waals surface area contributed by atoms with E-state index in [1.807, 2.05) is 12.1 Å². The Kier molecular flexibility index (Phi) is 4.42. The van der Waals surface area contributed by atoms with Gasteiger partial charge in [-0.15, -0.1) is 0 Å². The molecule has 1 N–H and O–H groups in total. The Balaban J connectivity index is 2.31. The van der Waals surface area contributed by atoms with Crippen LogP contribution in [0.15, 0.2) is 41.8 Å². The van der Waals surface area contributed by atoms with Crippen molar-refractivity contribution >= 4 is 23.1 Å². The van der Waals surface area contributed by atoms with E-state index in [1.54, 1.807) is 25.1 Å². The molecule has 0 atom stereocenters. The van der Waals surface area contributed by atoms with E-state index in [0.29, 0.717) is 16.4 Å². The van der Waals surface area contributed by atoms with Crippen molar-refractivity contribution in [2.45, 2.75) is 13.3 Å². The summed E-state index contributed by atoms with van der Waals surface area (Å²) in [5.41, 5.74) is 2.03. The van der Waals surface area contributed by atoms with Crippen molar-refractivity contribution in [3.63, 3.8) is 0 Å². The number of carbonyl (C=O) groups is 1. The molecule has 0 aliphatic carbocycles. The van der Waals surface area contributed by atoms with Gasteiger partial charge < -0.3 is 5.21 Å². The molecular weight excluding hydrogens is 278 g/mol. The molecule has 20 heavy (non-hydrogen) atoms. The van der Waals surface area contributed by atoms with Gasteiger partial charge in [0.2, 0.25) is 0 Å². The fraction of sp³-hybridized carbons (Fsp3) is 0.143. The summed E-state index contributed by atoms with van der Waals surface area (Å²) in [4.78, 5) is 20.0. The first-order valence-electron chi connectivity index (χ1n) is 5.89. The van der Waals surface area contributed by atoms with Gasteiger partial charge >= 0.3 is 0 Å². The molecule has 0 saturated heterocycles. The van der Waals surface area contributed by atoms with Crippen LogP contribution in [0.4, 0.5) is 0 Å². The molecule has 102 valence electrons. The summed E-state index contributed by atoms with van der Waals surface area (Å²) in [5.74, 6) is -0.231. The third-order valence-corrected chi connectivity index (χ3v) is 2.90. The van der Waals surface area contributed by atoms with E-state index in [1.165, 1.54) is 6.33 Å². The minimum atomic E-state index is -0.231. The van der Waals surface area contributed by atoms with E-state index in [4.69, 9.17) is 16.8 Å². The van der Waals surface area contributed by atoms with Crippen molar-refractivity contribution < 1.29 is 10.0 Å². The second-order valence-electron chi connectivity index (χ2n) is 4.23. The smallest absolute Gasteiger partial charge is 0.187 e. The average Bonchev–Trinajstić information content (AvgIpc) is 2.47. The summed E-state index contributed by atoms with van der Waals surface area (Å²) in [6.07, 6.45) is 1.34. The van der Waals surface area contributed by atoms with Crippen molar-refractivity contribution in [2.24, 2.45) is 5.16 Å². The summed E-state index contributed by atoms with van der Waals surface area (Å²) in [6, 6.07) is 8.78. The lowest BCUT2D eigenvalue weighted by molar-refractivity contribution is 0.0994. The van der Waals surface area contributed by atoms with E-state index in [-0.39, 0.29) is 17.9 Å². The van der Waals surface area contributed by atoms with E-state index in [2.05, 4.69) is 15.1 Å². The molecule has 0 spiro atoms. The average molecular weight is 290 g/mol. The largest absolute Gasteiger partial charge is 0.411 e. The SMILES string of the molecule is CC(CC(=O)c1cc(-c2cccc(Cl)c2)ncn1)=NO. The molecule has 2 rings (SSSR count). The predicted molar refractivity (Wildman–Crippen MR) is 76.3 cm³/mol. The van der Waals surface area contributed by atoms with Crippen LogP contribution < -0.4 is 0 Å². The van der Waals surface area contributed by atoms with Gasteiger partial charge in [0.1, 0.15) is 12.0 Å². The van der Waals surface area contributed by atoms with Crippen LogP contribution in [-0.2, 0) is 0 Å². The minimum absolute atomic E-state index is 0.0164. The Morgan fingerprint density at radius 2 is 2.15 bits per heavy atom. The highest BCUT2D eigenvalue weighted by Gasteiger charge is 2.11. The third-order valence-electron chi connectivity index (χ3n) is 2.66. The zero-order valence-corrected chi connectivity index (χ0v) is 11.5. The van der Waals surface area contributed by atoms with Crippen LogP contribution >= 0.6 is 11.6 Å².